The largest absolute Gasteiger partial charge is 0.416 e. The van der Waals surface area contributed by atoms with Crippen molar-refractivity contribution in [1.29, 1.82) is 0 Å². The van der Waals surface area contributed by atoms with E-state index < -0.39 is 33.6 Å². The predicted octanol–water partition coefficient (Wildman–Crippen LogP) is 5.38. The van der Waals surface area contributed by atoms with Crippen LogP contribution in [-0.2, 0) is 22.7 Å². The maximum atomic E-state index is 13.1. The quantitative estimate of drug-likeness (QED) is 0.236. The number of hydrogen-bond donors (Lipinski definition) is 3. The Kier molecular flexibility index (Phi) is 13.4. The normalized spacial score (nSPS) is 12.2. The first-order chi connectivity index (χ1) is 20.3. The molecule has 3 aromatic carbocycles. The van der Waals surface area contributed by atoms with Crippen molar-refractivity contribution in [3.8, 4) is 0 Å². The second kappa shape index (κ2) is 16.2. The topological polar surface area (TPSA) is 108 Å². The van der Waals surface area contributed by atoms with Gasteiger partial charge in [-0.2, -0.15) is 13.2 Å². The number of halogens is 3. The third kappa shape index (κ3) is 10.5. The van der Waals surface area contributed by atoms with E-state index in [0.717, 1.165) is 22.0 Å². The fourth-order valence-corrected chi connectivity index (χ4v) is 4.91. The van der Waals surface area contributed by atoms with Gasteiger partial charge in [-0.05, 0) is 55.3 Å². The van der Waals surface area contributed by atoms with Gasteiger partial charge < -0.3 is 16.0 Å². The zero-order valence-electron chi connectivity index (χ0n) is 25.0. The molecule has 0 fully saturated rings. The molecule has 0 spiro atoms. The summed E-state index contributed by atoms with van der Waals surface area (Å²) in [4.78, 5) is 25.8. The molecular formula is C31H39F3N4O4S. The van der Waals surface area contributed by atoms with Crippen molar-refractivity contribution in [2.45, 2.75) is 50.9 Å². The molecule has 0 heterocycles. The molecule has 0 aromatic heterocycles. The van der Waals surface area contributed by atoms with Gasteiger partial charge in [-0.25, -0.2) is 12.7 Å². The predicted molar refractivity (Wildman–Crippen MR) is 161 cm³/mol. The van der Waals surface area contributed by atoms with Gasteiger partial charge in [0.2, 0.25) is 10.0 Å². The zero-order valence-corrected chi connectivity index (χ0v) is 25.8. The maximum absolute atomic E-state index is 13.1. The third-order valence-electron chi connectivity index (χ3n) is 6.26. The molecule has 3 aromatic rings. The maximum Gasteiger partial charge on any atom is 0.416 e. The molecule has 1 atom stereocenters. The summed E-state index contributed by atoms with van der Waals surface area (Å²) in [7, 11) is -1.24. The number of hydrogen-bond acceptors (Lipinski definition) is 5. The fraction of sp³-hybridized carbons (Fsp3) is 0.355. The number of amides is 2. The average Bonchev–Trinajstić information content (AvgIpc) is 2.99. The van der Waals surface area contributed by atoms with E-state index in [1.54, 1.807) is 13.0 Å². The van der Waals surface area contributed by atoms with E-state index in [0.29, 0.717) is 18.5 Å². The number of nitrogens with one attached hydrogen (secondary N) is 3. The van der Waals surface area contributed by atoms with E-state index in [1.807, 2.05) is 44.2 Å². The van der Waals surface area contributed by atoms with Crippen molar-refractivity contribution in [2.75, 3.05) is 27.2 Å². The van der Waals surface area contributed by atoms with E-state index in [9.17, 15) is 31.2 Å². The van der Waals surface area contributed by atoms with E-state index in [1.165, 1.54) is 38.4 Å². The number of benzene rings is 3. The zero-order chi connectivity index (χ0) is 32.2. The SMILES string of the molecule is CC.C[C@@H](NC(=O)c1cc(C(=O)NCCCNCc2cccc(C(F)(F)F)c2)cc(S(=O)(=O)N(C)C)c1)c1ccccc1. The Morgan fingerprint density at radius 2 is 1.49 bits per heavy atom. The summed E-state index contributed by atoms with van der Waals surface area (Å²) >= 11 is 0. The molecule has 0 aliphatic rings. The molecular weight excluding hydrogens is 581 g/mol. The van der Waals surface area contributed by atoms with Crippen LogP contribution in [0.3, 0.4) is 0 Å². The number of alkyl halides is 3. The lowest BCUT2D eigenvalue weighted by molar-refractivity contribution is -0.137. The van der Waals surface area contributed by atoms with Gasteiger partial charge in [-0.15, -0.1) is 0 Å². The molecule has 0 unspecified atom stereocenters. The second-order valence-corrected chi connectivity index (χ2v) is 11.8. The lowest BCUT2D eigenvalue weighted by Crippen LogP contribution is -2.30. The van der Waals surface area contributed by atoms with Gasteiger partial charge in [0, 0.05) is 38.3 Å². The summed E-state index contributed by atoms with van der Waals surface area (Å²) in [6, 6.07) is 17.7. The monoisotopic (exact) mass is 620 g/mol. The van der Waals surface area contributed by atoms with Crippen LogP contribution in [0.15, 0.2) is 77.7 Å². The smallest absolute Gasteiger partial charge is 0.352 e. The first kappa shape index (κ1) is 35.5. The number of carbonyl (C=O) groups is 2. The van der Waals surface area contributed by atoms with Crippen LogP contribution in [-0.4, -0.2) is 51.7 Å². The minimum Gasteiger partial charge on any atom is -0.352 e. The van der Waals surface area contributed by atoms with Crippen LogP contribution < -0.4 is 16.0 Å². The second-order valence-electron chi connectivity index (χ2n) is 9.62. The van der Waals surface area contributed by atoms with Crippen molar-refractivity contribution in [2.24, 2.45) is 0 Å². The first-order valence-corrected chi connectivity index (χ1v) is 15.3. The van der Waals surface area contributed by atoms with E-state index in [2.05, 4.69) is 16.0 Å². The summed E-state index contributed by atoms with van der Waals surface area (Å²) in [6.45, 7) is 6.65. The molecule has 0 saturated heterocycles. The minimum absolute atomic E-state index is 0.00219. The minimum atomic E-state index is -4.41. The highest BCUT2D eigenvalue weighted by Crippen LogP contribution is 2.29. The lowest BCUT2D eigenvalue weighted by Gasteiger charge is -2.17. The van der Waals surface area contributed by atoms with E-state index in [-0.39, 0.29) is 35.2 Å². The van der Waals surface area contributed by atoms with Crippen molar-refractivity contribution < 1.29 is 31.2 Å². The number of rotatable bonds is 12. The highest BCUT2D eigenvalue weighted by Gasteiger charge is 2.30. The van der Waals surface area contributed by atoms with Gasteiger partial charge in [-0.1, -0.05) is 62.4 Å². The van der Waals surface area contributed by atoms with Crippen LogP contribution in [0, 0.1) is 0 Å². The summed E-state index contributed by atoms with van der Waals surface area (Å²) in [5.74, 6) is -1.10. The van der Waals surface area contributed by atoms with E-state index in [4.69, 9.17) is 0 Å². The molecule has 0 aliphatic heterocycles. The van der Waals surface area contributed by atoms with E-state index >= 15 is 0 Å². The summed E-state index contributed by atoms with van der Waals surface area (Å²) in [5.41, 5.74) is 0.642. The van der Waals surface area contributed by atoms with Crippen molar-refractivity contribution in [1.82, 2.24) is 20.3 Å². The molecule has 8 nitrogen and oxygen atoms in total. The summed E-state index contributed by atoms with van der Waals surface area (Å²) < 4.78 is 65.3. The van der Waals surface area contributed by atoms with Crippen LogP contribution in [0.4, 0.5) is 13.2 Å². The molecule has 3 N–H and O–H groups in total. The molecule has 0 radical (unpaired) electrons. The molecule has 234 valence electrons. The highest BCUT2D eigenvalue weighted by molar-refractivity contribution is 7.89. The summed E-state index contributed by atoms with van der Waals surface area (Å²) in [6.07, 6.45) is -3.95. The Balaban J connectivity index is 0.00000316. The van der Waals surface area contributed by atoms with Gasteiger partial charge in [0.05, 0.1) is 16.5 Å². The first-order valence-electron chi connectivity index (χ1n) is 13.9. The molecule has 0 aliphatic carbocycles. The highest BCUT2D eigenvalue weighted by atomic mass is 32.2. The molecule has 43 heavy (non-hydrogen) atoms. The van der Waals surface area contributed by atoms with Gasteiger partial charge in [-0.3, -0.25) is 9.59 Å². The lowest BCUT2D eigenvalue weighted by atomic mass is 10.1. The number of nitrogens with zero attached hydrogens (tertiary/aromatic N) is 1. The van der Waals surface area contributed by atoms with Crippen molar-refractivity contribution in [3.05, 3.63) is 101 Å². The fourth-order valence-electron chi connectivity index (χ4n) is 3.93. The van der Waals surface area contributed by atoms with Crippen LogP contribution in [0.2, 0.25) is 0 Å². The van der Waals surface area contributed by atoms with Gasteiger partial charge in [0.15, 0.2) is 0 Å². The van der Waals surface area contributed by atoms with Crippen LogP contribution >= 0.6 is 0 Å². The molecule has 2 amide bonds. The van der Waals surface area contributed by atoms with Crippen LogP contribution in [0.5, 0.6) is 0 Å². The Labute approximate surface area is 251 Å². The van der Waals surface area contributed by atoms with Crippen LogP contribution in [0.25, 0.3) is 0 Å². The van der Waals surface area contributed by atoms with Gasteiger partial charge in [0.25, 0.3) is 11.8 Å². The third-order valence-corrected chi connectivity index (χ3v) is 8.05. The number of sulfonamides is 1. The molecule has 0 saturated carbocycles. The summed E-state index contributed by atoms with van der Waals surface area (Å²) in [5, 5.41) is 8.56. The Morgan fingerprint density at radius 1 is 0.860 bits per heavy atom. The van der Waals surface area contributed by atoms with Crippen LogP contribution in [0.1, 0.15) is 70.6 Å². The Bertz CT molecular complexity index is 1460. The standard InChI is InChI=1S/C29H33F3N4O4S.C2H6/c1-20(22-10-5-4-6-11-22)35-28(38)24-16-23(17-26(18-24)41(39,40)36(2)3)27(37)34-14-8-13-33-19-21-9-7-12-25(15-21)29(30,31)32;1-2/h4-7,9-12,15-18,20,33H,8,13-14,19H2,1-3H3,(H,34,37)(H,35,38);1-2H3/t20-;/m1./s1. The Hall–Kier alpha value is -3.74. The average molecular weight is 621 g/mol. The Morgan fingerprint density at radius 3 is 2.09 bits per heavy atom. The van der Waals surface area contributed by atoms with Crippen molar-refractivity contribution in [3.63, 3.8) is 0 Å². The van der Waals surface area contributed by atoms with Gasteiger partial charge in [0.1, 0.15) is 0 Å². The molecule has 3 rings (SSSR count). The molecule has 12 heteroatoms. The van der Waals surface area contributed by atoms with Gasteiger partial charge >= 0.3 is 6.18 Å². The molecule has 0 bridgehead atoms. The van der Waals surface area contributed by atoms with Crippen molar-refractivity contribution >= 4 is 21.8 Å². The number of carbonyl (C=O) groups excluding carboxylic acids is 2.